The molecule has 0 aliphatic heterocycles. The lowest BCUT2D eigenvalue weighted by Crippen LogP contribution is -1.99. The van der Waals surface area contributed by atoms with E-state index >= 15 is 0 Å². The topological polar surface area (TPSA) is 47.9 Å². The highest BCUT2D eigenvalue weighted by molar-refractivity contribution is 5.53. The average molecular weight is 426 g/mol. The van der Waals surface area contributed by atoms with Crippen LogP contribution in [0.1, 0.15) is 109 Å². The van der Waals surface area contributed by atoms with Crippen LogP contribution >= 0.6 is 0 Å². The normalized spacial score (nSPS) is 11.0. The summed E-state index contributed by atoms with van der Waals surface area (Å²) in [6.45, 7) is 5.26. The Hall–Kier alpha value is -1.97. The molecule has 0 aliphatic carbocycles. The van der Waals surface area contributed by atoms with Crippen LogP contribution in [0.15, 0.2) is 30.7 Å². The number of hydrogen-bond donors (Lipinski definition) is 0. The first-order valence-corrected chi connectivity index (χ1v) is 12.7. The molecule has 0 fully saturated rings. The van der Waals surface area contributed by atoms with E-state index in [0.29, 0.717) is 5.82 Å². The van der Waals surface area contributed by atoms with Crippen molar-refractivity contribution >= 4 is 0 Å². The fourth-order valence-corrected chi connectivity index (χ4v) is 3.76. The van der Waals surface area contributed by atoms with Crippen LogP contribution in [0, 0.1) is 0 Å². The number of hydrogen-bond acceptors (Lipinski definition) is 4. The van der Waals surface area contributed by atoms with E-state index in [0.717, 1.165) is 36.5 Å². The molecule has 172 valence electrons. The van der Waals surface area contributed by atoms with Crippen LogP contribution in [0.4, 0.5) is 0 Å². The van der Waals surface area contributed by atoms with Gasteiger partial charge >= 0.3 is 0 Å². The highest BCUT2D eigenvalue weighted by atomic mass is 16.5. The molecule has 0 aliphatic rings. The minimum absolute atomic E-state index is 0.707. The Bertz CT molecular complexity index is 670. The fourth-order valence-electron chi connectivity index (χ4n) is 3.76. The molecule has 0 N–H and O–H groups in total. The van der Waals surface area contributed by atoms with Gasteiger partial charge in [-0.25, -0.2) is 9.97 Å². The highest BCUT2D eigenvalue weighted by Crippen LogP contribution is 2.17. The van der Waals surface area contributed by atoms with E-state index in [4.69, 9.17) is 4.74 Å². The maximum atomic E-state index is 5.79. The zero-order chi connectivity index (χ0) is 22.0. The molecule has 0 spiro atoms. The molecular formula is C27H43N3O. The molecule has 0 saturated carbocycles. The Balaban J connectivity index is 1.63. The van der Waals surface area contributed by atoms with Crippen LogP contribution in [0.3, 0.4) is 0 Å². The van der Waals surface area contributed by atoms with E-state index in [9.17, 15) is 0 Å². The first-order valence-electron chi connectivity index (χ1n) is 12.7. The number of nitrogens with zero attached hydrogens (tertiary/aromatic N) is 3. The van der Waals surface area contributed by atoms with Crippen molar-refractivity contribution in [1.82, 2.24) is 15.0 Å². The summed E-state index contributed by atoms with van der Waals surface area (Å²) in [5, 5.41) is 0. The molecule has 0 bridgehead atoms. The van der Waals surface area contributed by atoms with Gasteiger partial charge in [-0.05, 0) is 31.4 Å². The zero-order valence-corrected chi connectivity index (χ0v) is 20.0. The third-order valence-electron chi connectivity index (χ3n) is 5.76. The van der Waals surface area contributed by atoms with Crippen molar-refractivity contribution < 1.29 is 4.74 Å². The Morgan fingerprint density at radius 2 is 1.19 bits per heavy atom. The number of unbranched alkanes of at least 4 members (excludes halogenated alkanes) is 12. The lowest BCUT2D eigenvalue weighted by molar-refractivity contribution is 0.302. The average Bonchev–Trinajstić information content (AvgIpc) is 2.81. The van der Waals surface area contributed by atoms with E-state index < -0.39 is 0 Å². The van der Waals surface area contributed by atoms with Gasteiger partial charge in [-0.1, -0.05) is 90.9 Å². The first-order chi connectivity index (χ1) is 15.3. The predicted octanol–water partition coefficient (Wildman–Crippen LogP) is 7.96. The minimum Gasteiger partial charge on any atom is -0.490 e. The lowest BCUT2D eigenvalue weighted by Gasteiger charge is -2.07. The molecule has 0 unspecified atom stereocenters. The summed E-state index contributed by atoms with van der Waals surface area (Å²) in [5.41, 5.74) is 2.12. The summed E-state index contributed by atoms with van der Waals surface area (Å²) in [4.78, 5) is 13.5. The summed E-state index contributed by atoms with van der Waals surface area (Å²) >= 11 is 0. The van der Waals surface area contributed by atoms with Crippen molar-refractivity contribution in [1.29, 1.82) is 0 Å². The van der Waals surface area contributed by atoms with E-state index in [1.54, 1.807) is 12.4 Å². The SMILES string of the molecule is CCCCCCCCCOc1cnc(-c2ccc(CCCCCCCCC)nc2)nc1. The Morgan fingerprint density at radius 3 is 1.77 bits per heavy atom. The zero-order valence-electron chi connectivity index (χ0n) is 20.0. The third-order valence-corrected chi connectivity index (χ3v) is 5.76. The lowest BCUT2D eigenvalue weighted by atomic mass is 10.1. The van der Waals surface area contributed by atoms with E-state index in [-0.39, 0.29) is 0 Å². The summed E-state index contributed by atoms with van der Waals surface area (Å²) in [5.74, 6) is 1.46. The Kier molecular flexibility index (Phi) is 13.6. The fraction of sp³-hybridized carbons (Fsp3) is 0.667. The van der Waals surface area contributed by atoms with Gasteiger partial charge < -0.3 is 4.74 Å². The van der Waals surface area contributed by atoms with Gasteiger partial charge in [0.25, 0.3) is 0 Å². The molecule has 2 aromatic rings. The second-order valence-electron chi connectivity index (χ2n) is 8.62. The van der Waals surface area contributed by atoms with E-state index in [2.05, 4.69) is 40.9 Å². The second-order valence-corrected chi connectivity index (χ2v) is 8.62. The number of ether oxygens (including phenoxy) is 1. The van der Waals surface area contributed by atoms with Gasteiger partial charge in [0.2, 0.25) is 0 Å². The van der Waals surface area contributed by atoms with Crippen molar-refractivity contribution in [2.45, 2.75) is 110 Å². The monoisotopic (exact) mass is 425 g/mol. The van der Waals surface area contributed by atoms with Gasteiger partial charge in [0.05, 0.1) is 19.0 Å². The molecule has 31 heavy (non-hydrogen) atoms. The quantitative estimate of drug-likeness (QED) is 0.227. The minimum atomic E-state index is 0.707. The van der Waals surface area contributed by atoms with Crippen molar-refractivity contribution in [3.63, 3.8) is 0 Å². The van der Waals surface area contributed by atoms with E-state index in [1.807, 2.05) is 6.20 Å². The van der Waals surface area contributed by atoms with Crippen LogP contribution in [0.5, 0.6) is 5.75 Å². The molecular weight excluding hydrogens is 382 g/mol. The van der Waals surface area contributed by atoms with Crippen LogP contribution in [0.2, 0.25) is 0 Å². The van der Waals surface area contributed by atoms with E-state index in [1.165, 1.54) is 83.5 Å². The molecule has 0 amide bonds. The Morgan fingerprint density at radius 1 is 0.613 bits per heavy atom. The largest absolute Gasteiger partial charge is 0.490 e. The van der Waals surface area contributed by atoms with Crippen LogP contribution < -0.4 is 4.74 Å². The van der Waals surface area contributed by atoms with Crippen molar-refractivity contribution in [2.75, 3.05) is 6.61 Å². The summed E-state index contributed by atoms with van der Waals surface area (Å²) in [6, 6.07) is 4.19. The highest BCUT2D eigenvalue weighted by Gasteiger charge is 2.04. The van der Waals surface area contributed by atoms with Crippen molar-refractivity contribution in [2.24, 2.45) is 0 Å². The number of aryl methyl sites for hydroxylation is 1. The molecule has 0 aromatic carbocycles. The van der Waals surface area contributed by atoms with Crippen LogP contribution in [-0.2, 0) is 6.42 Å². The van der Waals surface area contributed by atoms with Crippen molar-refractivity contribution in [3.8, 4) is 17.1 Å². The van der Waals surface area contributed by atoms with Gasteiger partial charge in [-0.2, -0.15) is 0 Å². The number of aromatic nitrogens is 3. The molecule has 4 nitrogen and oxygen atoms in total. The molecule has 2 heterocycles. The maximum absolute atomic E-state index is 5.79. The molecule has 2 rings (SSSR count). The van der Waals surface area contributed by atoms with Gasteiger partial charge in [0.15, 0.2) is 11.6 Å². The smallest absolute Gasteiger partial charge is 0.160 e. The molecule has 4 heteroatoms. The second kappa shape index (κ2) is 16.7. The van der Waals surface area contributed by atoms with Gasteiger partial charge in [0, 0.05) is 17.5 Å². The number of pyridine rings is 1. The summed E-state index contributed by atoms with van der Waals surface area (Å²) in [6.07, 6.45) is 24.8. The first kappa shape index (κ1) is 25.3. The van der Waals surface area contributed by atoms with Gasteiger partial charge in [0.1, 0.15) is 0 Å². The standard InChI is InChI=1S/C27H43N3O/c1-3-5-7-9-11-13-15-17-25-19-18-24(21-28-25)27-29-22-26(23-30-27)31-20-16-14-12-10-8-6-4-2/h18-19,21-23H,3-17,20H2,1-2H3. The molecule has 0 atom stereocenters. The summed E-state index contributed by atoms with van der Waals surface area (Å²) in [7, 11) is 0. The third kappa shape index (κ3) is 11.3. The Labute approximate surface area is 190 Å². The number of rotatable bonds is 18. The van der Waals surface area contributed by atoms with Crippen LogP contribution in [-0.4, -0.2) is 21.6 Å². The van der Waals surface area contributed by atoms with Crippen molar-refractivity contribution in [3.05, 3.63) is 36.4 Å². The molecule has 0 saturated heterocycles. The molecule has 2 aromatic heterocycles. The summed E-state index contributed by atoms with van der Waals surface area (Å²) < 4.78 is 5.79. The van der Waals surface area contributed by atoms with Gasteiger partial charge in [-0.15, -0.1) is 0 Å². The predicted molar refractivity (Wildman–Crippen MR) is 130 cm³/mol. The molecule has 0 radical (unpaired) electrons. The maximum Gasteiger partial charge on any atom is 0.160 e. The van der Waals surface area contributed by atoms with Crippen LogP contribution in [0.25, 0.3) is 11.4 Å². The van der Waals surface area contributed by atoms with Gasteiger partial charge in [-0.3, -0.25) is 4.98 Å².